The second kappa shape index (κ2) is 9.51. The molecular weight excluding hydrogens is 360 g/mol. The van der Waals surface area contributed by atoms with Crippen LogP contribution in [-0.4, -0.2) is 16.9 Å². The smallest absolute Gasteiger partial charge is 0.339 e. The van der Waals surface area contributed by atoms with Gasteiger partial charge in [-0.05, 0) is 81.4 Å². The van der Waals surface area contributed by atoms with Gasteiger partial charge in [-0.15, -0.1) is 0 Å². The molecule has 152 valence electrons. The number of allylic oxidation sites excluding steroid dienone is 8. The van der Waals surface area contributed by atoms with Crippen molar-refractivity contribution in [2.45, 2.75) is 47.5 Å². The highest BCUT2D eigenvalue weighted by Crippen LogP contribution is 2.39. The van der Waals surface area contributed by atoms with Crippen LogP contribution in [0.5, 0.6) is 0 Å². The normalized spacial score (nSPS) is 19.4. The van der Waals surface area contributed by atoms with Crippen LogP contribution in [0.2, 0.25) is 0 Å². The lowest BCUT2D eigenvalue weighted by molar-refractivity contribution is -0.134. The molecule has 0 bridgehead atoms. The van der Waals surface area contributed by atoms with E-state index in [1.54, 1.807) is 6.92 Å². The Morgan fingerprint density at radius 2 is 1.83 bits per heavy atom. The molecule has 1 aliphatic rings. The summed E-state index contributed by atoms with van der Waals surface area (Å²) in [5.41, 5.74) is 7.42. The van der Waals surface area contributed by atoms with Crippen LogP contribution in [0.1, 0.15) is 49.4 Å². The van der Waals surface area contributed by atoms with Gasteiger partial charge < -0.3 is 5.11 Å². The van der Waals surface area contributed by atoms with Gasteiger partial charge in [0.05, 0.1) is 0 Å². The zero-order valence-electron chi connectivity index (χ0n) is 18.0. The lowest BCUT2D eigenvalue weighted by Gasteiger charge is -2.18. The van der Waals surface area contributed by atoms with Crippen molar-refractivity contribution >= 4 is 17.3 Å². The summed E-state index contributed by atoms with van der Waals surface area (Å²) >= 11 is 0. The molecular formula is C26H30O3. The van der Waals surface area contributed by atoms with Crippen LogP contribution in [0.25, 0.3) is 5.57 Å². The Morgan fingerprint density at radius 3 is 2.41 bits per heavy atom. The number of carboxylic acids is 1. The van der Waals surface area contributed by atoms with Gasteiger partial charge in [-0.3, -0.25) is 4.79 Å². The standard InChI is InChI=1S/C26H30O3/c1-7-9-10-16(3)23-14-20-11-17(4)18(5)13-24(20)21(12-19(23)6)15-25(27)22(8-2)26(28)29/h7-11,13,15,23H,6,12,14H2,1-5H3,(H,28,29)/b9-7-,16-10+,21-15+,22-8+. The second-order valence-electron chi connectivity index (χ2n) is 7.66. The van der Waals surface area contributed by atoms with Gasteiger partial charge in [-0.1, -0.05) is 54.2 Å². The largest absolute Gasteiger partial charge is 0.478 e. The monoisotopic (exact) mass is 390 g/mol. The predicted molar refractivity (Wildman–Crippen MR) is 120 cm³/mol. The zero-order chi connectivity index (χ0) is 21.7. The van der Waals surface area contributed by atoms with Crippen molar-refractivity contribution < 1.29 is 14.7 Å². The minimum Gasteiger partial charge on any atom is -0.478 e. The number of ketones is 1. The molecule has 0 aliphatic heterocycles. The minimum absolute atomic E-state index is 0.175. The maximum absolute atomic E-state index is 12.6. The molecule has 2 rings (SSSR count). The van der Waals surface area contributed by atoms with Crippen LogP contribution in [0.3, 0.4) is 0 Å². The number of aliphatic carboxylic acids is 1. The van der Waals surface area contributed by atoms with Crippen molar-refractivity contribution in [2.24, 2.45) is 5.92 Å². The summed E-state index contributed by atoms with van der Waals surface area (Å²) in [6, 6.07) is 4.30. The summed E-state index contributed by atoms with van der Waals surface area (Å²) in [6.45, 7) is 14.1. The summed E-state index contributed by atoms with van der Waals surface area (Å²) in [5, 5.41) is 9.30. The Kier molecular flexibility index (Phi) is 7.33. The zero-order valence-corrected chi connectivity index (χ0v) is 18.0. The van der Waals surface area contributed by atoms with Crippen molar-refractivity contribution in [3.05, 3.63) is 88.1 Å². The van der Waals surface area contributed by atoms with Crippen LogP contribution in [0.15, 0.2) is 65.8 Å². The van der Waals surface area contributed by atoms with Crippen molar-refractivity contribution in [1.82, 2.24) is 0 Å². The van der Waals surface area contributed by atoms with Crippen LogP contribution in [0.4, 0.5) is 0 Å². The van der Waals surface area contributed by atoms with Gasteiger partial charge in [0.15, 0.2) is 5.78 Å². The maximum atomic E-state index is 12.6. The first kappa shape index (κ1) is 22.4. The first-order valence-corrected chi connectivity index (χ1v) is 9.91. The van der Waals surface area contributed by atoms with E-state index in [4.69, 9.17) is 0 Å². The van der Waals surface area contributed by atoms with E-state index in [1.165, 1.54) is 28.9 Å². The number of carboxylic acid groups (broad SMARTS) is 1. The fourth-order valence-electron chi connectivity index (χ4n) is 3.75. The number of carbonyl (C=O) groups excluding carboxylic acids is 1. The predicted octanol–water partition coefficient (Wildman–Crippen LogP) is 5.93. The Morgan fingerprint density at radius 1 is 1.17 bits per heavy atom. The van der Waals surface area contributed by atoms with E-state index in [0.29, 0.717) is 6.42 Å². The summed E-state index contributed by atoms with van der Waals surface area (Å²) < 4.78 is 0. The maximum Gasteiger partial charge on any atom is 0.339 e. The van der Waals surface area contributed by atoms with Gasteiger partial charge in [0, 0.05) is 5.92 Å². The topological polar surface area (TPSA) is 54.4 Å². The van der Waals surface area contributed by atoms with Gasteiger partial charge in [0.25, 0.3) is 0 Å². The molecule has 29 heavy (non-hydrogen) atoms. The minimum atomic E-state index is -1.20. The number of benzene rings is 1. The Bertz CT molecular complexity index is 968. The van der Waals surface area contributed by atoms with Crippen molar-refractivity contribution in [3.63, 3.8) is 0 Å². The quantitative estimate of drug-likeness (QED) is 0.169. The van der Waals surface area contributed by atoms with Crippen LogP contribution in [-0.2, 0) is 16.0 Å². The Balaban J connectivity index is 2.62. The van der Waals surface area contributed by atoms with E-state index in [9.17, 15) is 14.7 Å². The highest BCUT2D eigenvalue weighted by molar-refractivity contribution is 6.22. The SMILES string of the molecule is C=C1C/C(=C\C(=O)/C(=C\C)C(=O)O)c2cc(C)c(C)cc2CC1/C(C)=C/C=C\C. The van der Waals surface area contributed by atoms with Gasteiger partial charge in [0.1, 0.15) is 5.57 Å². The molecule has 3 nitrogen and oxygen atoms in total. The van der Waals surface area contributed by atoms with Crippen LogP contribution >= 0.6 is 0 Å². The number of carbonyl (C=O) groups is 2. The van der Waals surface area contributed by atoms with Gasteiger partial charge in [0.2, 0.25) is 0 Å². The fourth-order valence-corrected chi connectivity index (χ4v) is 3.75. The average Bonchev–Trinajstić information content (AvgIpc) is 2.77. The number of hydrogen-bond donors (Lipinski definition) is 1. The molecule has 1 aromatic carbocycles. The van der Waals surface area contributed by atoms with E-state index >= 15 is 0 Å². The lowest BCUT2D eigenvalue weighted by Crippen LogP contribution is -2.10. The third-order valence-corrected chi connectivity index (χ3v) is 5.59. The Labute approximate surface area is 173 Å². The Hall–Kier alpha value is -2.94. The molecule has 1 aromatic rings. The molecule has 0 aromatic heterocycles. The summed E-state index contributed by atoms with van der Waals surface area (Å²) in [6.07, 6.45) is 10.3. The summed E-state index contributed by atoms with van der Waals surface area (Å²) in [7, 11) is 0. The third-order valence-electron chi connectivity index (χ3n) is 5.59. The number of fused-ring (bicyclic) bond motifs is 1. The molecule has 0 spiro atoms. The van der Waals surface area contributed by atoms with Crippen molar-refractivity contribution in [2.75, 3.05) is 0 Å². The molecule has 1 unspecified atom stereocenters. The summed E-state index contributed by atoms with van der Waals surface area (Å²) in [5.74, 6) is -1.51. The van der Waals surface area contributed by atoms with Crippen molar-refractivity contribution in [1.29, 1.82) is 0 Å². The second-order valence-corrected chi connectivity index (χ2v) is 7.66. The van der Waals surface area contributed by atoms with Gasteiger partial charge in [-0.25, -0.2) is 4.79 Å². The van der Waals surface area contributed by atoms with E-state index in [-0.39, 0.29) is 11.5 Å². The van der Waals surface area contributed by atoms with Crippen LogP contribution in [0, 0.1) is 19.8 Å². The highest BCUT2D eigenvalue weighted by atomic mass is 16.4. The molecule has 0 heterocycles. The molecule has 1 N–H and O–H groups in total. The summed E-state index contributed by atoms with van der Waals surface area (Å²) in [4.78, 5) is 24.0. The first-order chi connectivity index (χ1) is 13.7. The number of hydrogen-bond acceptors (Lipinski definition) is 2. The molecule has 0 saturated heterocycles. The number of rotatable bonds is 5. The van der Waals surface area contributed by atoms with Crippen LogP contribution < -0.4 is 0 Å². The average molecular weight is 391 g/mol. The van der Waals surface area contributed by atoms with Crippen molar-refractivity contribution in [3.8, 4) is 0 Å². The van der Waals surface area contributed by atoms with Gasteiger partial charge in [-0.2, -0.15) is 0 Å². The third kappa shape index (κ3) is 5.11. The lowest BCUT2D eigenvalue weighted by atomic mass is 9.86. The van der Waals surface area contributed by atoms with E-state index in [1.807, 2.05) is 19.1 Å². The fraction of sp³-hybridized carbons (Fsp3) is 0.308. The molecule has 0 amide bonds. The molecule has 1 aliphatic carbocycles. The molecule has 0 radical (unpaired) electrons. The first-order valence-electron chi connectivity index (χ1n) is 9.91. The molecule has 1 atom stereocenters. The van der Waals surface area contributed by atoms with E-state index in [0.717, 1.165) is 28.7 Å². The van der Waals surface area contributed by atoms with Gasteiger partial charge >= 0.3 is 5.97 Å². The molecule has 3 heteroatoms. The van der Waals surface area contributed by atoms with E-state index < -0.39 is 11.8 Å². The highest BCUT2D eigenvalue weighted by Gasteiger charge is 2.25. The van der Waals surface area contributed by atoms with E-state index in [2.05, 4.69) is 45.6 Å². The number of aryl methyl sites for hydroxylation is 2. The molecule has 0 saturated carbocycles. The molecule has 0 fully saturated rings.